The van der Waals surface area contributed by atoms with Crippen LogP contribution < -0.4 is 10.5 Å². The monoisotopic (exact) mass is 250 g/mol. The van der Waals surface area contributed by atoms with Gasteiger partial charge in [0.15, 0.2) is 0 Å². The molecule has 18 heavy (non-hydrogen) atoms. The third-order valence-electron chi connectivity index (χ3n) is 3.33. The quantitative estimate of drug-likeness (QED) is 0.660. The van der Waals surface area contributed by atoms with Gasteiger partial charge in [-0.15, -0.1) is 0 Å². The molecule has 0 aliphatic heterocycles. The highest BCUT2D eigenvalue weighted by Crippen LogP contribution is 2.27. The lowest BCUT2D eigenvalue weighted by molar-refractivity contribution is -0.384. The molecule has 1 aromatic rings. The van der Waals surface area contributed by atoms with Crippen LogP contribution in [0.25, 0.3) is 0 Å². The molecule has 0 bridgehead atoms. The molecule has 2 N–H and O–H groups in total. The van der Waals surface area contributed by atoms with E-state index in [2.05, 4.69) is 0 Å². The van der Waals surface area contributed by atoms with Crippen molar-refractivity contribution in [2.75, 3.05) is 0 Å². The van der Waals surface area contributed by atoms with Gasteiger partial charge in [-0.25, -0.2) is 0 Å². The number of nitrogens with zero attached hydrogens (tertiary/aromatic N) is 1. The summed E-state index contributed by atoms with van der Waals surface area (Å²) >= 11 is 0. The van der Waals surface area contributed by atoms with Gasteiger partial charge in [-0.3, -0.25) is 10.1 Å². The Morgan fingerprint density at radius 1 is 1.44 bits per heavy atom. The minimum absolute atomic E-state index is 0.0974. The van der Waals surface area contributed by atoms with E-state index in [-0.39, 0.29) is 17.8 Å². The van der Waals surface area contributed by atoms with Crippen molar-refractivity contribution in [1.29, 1.82) is 0 Å². The maximum Gasteiger partial charge on any atom is 0.269 e. The van der Waals surface area contributed by atoms with Crippen molar-refractivity contribution in [3.05, 3.63) is 33.9 Å². The number of nitro benzene ring substituents is 1. The summed E-state index contributed by atoms with van der Waals surface area (Å²) in [4.78, 5) is 10.3. The van der Waals surface area contributed by atoms with Crippen molar-refractivity contribution < 1.29 is 9.66 Å². The Morgan fingerprint density at radius 2 is 2.22 bits per heavy atom. The second-order valence-electron chi connectivity index (χ2n) is 4.87. The van der Waals surface area contributed by atoms with E-state index in [0.29, 0.717) is 0 Å². The minimum atomic E-state index is -0.396. The summed E-state index contributed by atoms with van der Waals surface area (Å²) < 4.78 is 5.89. The van der Waals surface area contributed by atoms with Gasteiger partial charge in [0.2, 0.25) is 0 Å². The van der Waals surface area contributed by atoms with Gasteiger partial charge in [-0.05, 0) is 44.2 Å². The lowest BCUT2D eigenvalue weighted by Gasteiger charge is -2.27. The molecule has 1 saturated carbocycles. The second kappa shape index (κ2) is 5.35. The molecule has 0 amide bonds. The summed E-state index contributed by atoms with van der Waals surface area (Å²) in [6, 6.07) is 4.90. The first-order valence-corrected chi connectivity index (χ1v) is 6.23. The molecule has 0 spiro atoms. The lowest BCUT2D eigenvalue weighted by atomic mass is 9.93. The zero-order valence-corrected chi connectivity index (χ0v) is 10.5. The fourth-order valence-corrected chi connectivity index (χ4v) is 2.35. The lowest BCUT2D eigenvalue weighted by Crippen LogP contribution is -2.33. The summed E-state index contributed by atoms with van der Waals surface area (Å²) in [5.74, 6) is 0.722. The SMILES string of the molecule is Cc1cc([N+](=O)[O-])ccc1OC1CCCC(N)C1. The Bertz CT molecular complexity index is 448. The van der Waals surface area contributed by atoms with Crippen LogP contribution in [0.4, 0.5) is 5.69 Å². The number of hydrogen-bond donors (Lipinski definition) is 1. The van der Waals surface area contributed by atoms with E-state index < -0.39 is 4.92 Å². The second-order valence-corrected chi connectivity index (χ2v) is 4.87. The summed E-state index contributed by atoms with van der Waals surface area (Å²) in [5.41, 5.74) is 6.80. The number of rotatable bonds is 3. The van der Waals surface area contributed by atoms with Gasteiger partial charge in [-0.1, -0.05) is 0 Å². The van der Waals surface area contributed by atoms with Crippen LogP contribution >= 0.6 is 0 Å². The summed E-state index contributed by atoms with van der Waals surface area (Å²) in [5, 5.41) is 10.6. The summed E-state index contributed by atoms with van der Waals surface area (Å²) in [6.07, 6.45) is 4.13. The van der Waals surface area contributed by atoms with E-state index in [9.17, 15) is 10.1 Å². The minimum Gasteiger partial charge on any atom is -0.490 e. The Hall–Kier alpha value is -1.62. The van der Waals surface area contributed by atoms with Crippen LogP contribution in [0.15, 0.2) is 18.2 Å². The number of nitrogens with two attached hydrogens (primary N) is 1. The first-order valence-electron chi connectivity index (χ1n) is 6.23. The van der Waals surface area contributed by atoms with Crippen molar-refractivity contribution in [3.8, 4) is 5.75 Å². The molecule has 0 heterocycles. The van der Waals surface area contributed by atoms with Gasteiger partial charge in [0.05, 0.1) is 4.92 Å². The Kier molecular flexibility index (Phi) is 3.81. The van der Waals surface area contributed by atoms with Crippen LogP contribution in [0.2, 0.25) is 0 Å². The average molecular weight is 250 g/mol. The molecule has 0 saturated heterocycles. The molecule has 1 fully saturated rings. The first-order chi connectivity index (χ1) is 8.56. The molecule has 0 radical (unpaired) electrons. The van der Waals surface area contributed by atoms with E-state index in [0.717, 1.165) is 37.0 Å². The smallest absolute Gasteiger partial charge is 0.269 e. The van der Waals surface area contributed by atoms with E-state index in [1.54, 1.807) is 6.07 Å². The van der Waals surface area contributed by atoms with E-state index in [1.807, 2.05) is 6.92 Å². The summed E-state index contributed by atoms with van der Waals surface area (Å²) in [7, 11) is 0. The molecule has 2 atom stereocenters. The number of nitro groups is 1. The average Bonchev–Trinajstić information content (AvgIpc) is 2.31. The van der Waals surface area contributed by atoms with Crippen LogP contribution in [0.3, 0.4) is 0 Å². The topological polar surface area (TPSA) is 78.4 Å². The molecule has 1 aliphatic carbocycles. The Labute approximate surface area is 106 Å². The van der Waals surface area contributed by atoms with Crippen LogP contribution in [-0.4, -0.2) is 17.1 Å². The largest absolute Gasteiger partial charge is 0.490 e. The highest BCUT2D eigenvalue weighted by Gasteiger charge is 2.21. The maximum absolute atomic E-state index is 10.6. The highest BCUT2D eigenvalue weighted by molar-refractivity contribution is 5.43. The van der Waals surface area contributed by atoms with Crippen molar-refractivity contribution in [1.82, 2.24) is 0 Å². The zero-order valence-electron chi connectivity index (χ0n) is 10.5. The standard InChI is InChI=1S/C13H18N2O3/c1-9-7-11(15(16)17)5-6-13(9)18-12-4-2-3-10(14)8-12/h5-7,10,12H,2-4,8,14H2,1H3. The van der Waals surface area contributed by atoms with Gasteiger partial charge >= 0.3 is 0 Å². The van der Waals surface area contributed by atoms with Crippen molar-refractivity contribution >= 4 is 5.69 Å². The van der Waals surface area contributed by atoms with Gasteiger partial charge < -0.3 is 10.5 Å². The van der Waals surface area contributed by atoms with E-state index in [4.69, 9.17) is 10.5 Å². The molecule has 0 aromatic heterocycles. The third-order valence-corrected chi connectivity index (χ3v) is 3.33. The fourth-order valence-electron chi connectivity index (χ4n) is 2.35. The third kappa shape index (κ3) is 2.98. The maximum atomic E-state index is 10.6. The van der Waals surface area contributed by atoms with Gasteiger partial charge in [-0.2, -0.15) is 0 Å². The van der Waals surface area contributed by atoms with Crippen molar-refractivity contribution in [2.45, 2.75) is 44.8 Å². The molecule has 1 aromatic carbocycles. The fraction of sp³-hybridized carbons (Fsp3) is 0.538. The molecular weight excluding hydrogens is 232 g/mol. The van der Waals surface area contributed by atoms with Gasteiger partial charge in [0.25, 0.3) is 5.69 Å². The van der Waals surface area contributed by atoms with Crippen molar-refractivity contribution in [3.63, 3.8) is 0 Å². The van der Waals surface area contributed by atoms with Gasteiger partial charge in [0, 0.05) is 18.2 Å². The van der Waals surface area contributed by atoms with Crippen molar-refractivity contribution in [2.24, 2.45) is 5.73 Å². The van der Waals surface area contributed by atoms with Crippen LogP contribution in [0.5, 0.6) is 5.75 Å². The summed E-state index contributed by atoms with van der Waals surface area (Å²) in [6.45, 7) is 1.82. The zero-order chi connectivity index (χ0) is 13.1. The number of ether oxygens (including phenoxy) is 1. The molecule has 2 unspecified atom stereocenters. The molecule has 1 aliphatic rings. The molecule has 2 rings (SSSR count). The molecular formula is C13H18N2O3. The first kappa shape index (κ1) is 12.8. The highest BCUT2D eigenvalue weighted by atomic mass is 16.6. The molecule has 5 nitrogen and oxygen atoms in total. The van der Waals surface area contributed by atoms with Crippen LogP contribution in [-0.2, 0) is 0 Å². The predicted octanol–water partition coefficient (Wildman–Crippen LogP) is 2.55. The van der Waals surface area contributed by atoms with Crippen LogP contribution in [0.1, 0.15) is 31.2 Å². The van der Waals surface area contributed by atoms with Gasteiger partial charge in [0.1, 0.15) is 11.9 Å². The van der Waals surface area contributed by atoms with E-state index >= 15 is 0 Å². The normalized spacial score (nSPS) is 23.7. The Balaban J connectivity index is 2.07. The Morgan fingerprint density at radius 3 is 2.83 bits per heavy atom. The number of benzene rings is 1. The number of hydrogen-bond acceptors (Lipinski definition) is 4. The number of aryl methyl sites for hydroxylation is 1. The number of non-ortho nitro benzene ring substituents is 1. The van der Waals surface area contributed by atoms with E-state index in [1.165, 1.54) is 12.1 Å². The van der Waals surface area contributed by atoms with Crippen LogP contribution in [0, 0.1) is 17.0 Å². The predicted molar refractivity (Wildman–Crippen MR) is 68.7 cm³/mol. The molecule has 5 heteroatoms. The molecule has 98 valence electrons.